The maximum atomic E-state index is 11.2. The van der Waals surface area contributed by atoms with Gasteiger partial charge in [0.25, 0.3) is 0 Å². The minimum Gasteiger partial charge on any atom is -0.300 e. The molecule has 0 aromatic heterocycles. The Hall–Kier alpha value is -0.330. The van der Waals surface area contributed by atoms with Crippen molar-refractivity contribution in [2.75, 3.05) is 0 Å². The Kier molecular flexibility index (Phi) is 8.74. The zero-order valence-electron chi connectivity index (χ0n) is 11.0. The number of carbonyl (C=O) groups excluding carboxylic acids is 1. The van der Waals surface area contributed by atoms with Crippen molar-refractivity contribution in [2.45, 2.75) is 72.6 Å². The van der Waals surface area contributed by atoms with Gasteiger partial charge < -0.3 is 0 Å². The molecule has 0 heterocycles. The maximum Gasteiger partial charge on any atom is 0.132 e. The summed E-state index contributed by atoms with van der Waals surface area (Å²) in [7, 11) is 0. The molecule has 0 saturated heterocycles. The predicted octanol–water partition coefficient (Wildman–Crippen LogP) is 4.60. The molecule has 15 heavy (non-hydrogen) atoms. The van der Waals surface area contributed by atoms with Gasteiger partial charge in [0.1, 0.15) is 5.78 Å². The minimum absolute atomic E-state index is 0.424. The van der Waals surface area contributed by atoms with E-state index in [0.717, 1.165) is 24.7 Å². The highest BCUT2D eigenvalue weighted by atomic mass is 16.1. The van der Waals surface area contributed by atoms with E-state index in [2.05, 4.69) is 20.8 Å². The van der Waals surface area contributed by atoms with Crippen LogP contribution in [-0.2, 0) is 4.79 Å². The van der Waals surface area contributed by atoms with Crippen LogP contribution >= 0.6 is 0 Å². The summed E-state index contributed by atoms with van der Waals surface area (Å²) in [6.45, 7) is 8.82. The first kappa shape index (κ1) is 14.7. The van der Waals surface area contributed by atoms with Gasteiger partial charge in [-0.15, -0.1) is 0 Å². The SMILES string of the molecule is CCCCC(CCCC(=O)CC)C(C)C. The standard InChI is InChI=1S/C14H28O/c1-5-7-9-13(12(3)4)10-8-11-14(15)6-2/h12-13H,5-11H2,1-4H3. The summed E-state index contributed by atoms with van der Waals surface area (Å²) in [4.78, 5) is 11.2. The zero-order valence-corrected chi connectivity index (χ0v) is 11.0. The molecule has 90 valence electrons. The van der Waals surface area contributed by atoms with Crippen LogP contribution in [0.5, 0.6) is 0 Å². The average Bonchev–Trinajstić information content (AvgIpc) is 2.22. The van der Waals surface area contributed by atoms with Crippen molar-refractivity contribution in [3.05, 3.63) is 0 Å². The first-order valence-corrected chi connectivity index (χ1v) is 6.63. The molecule has 1 atom stereocenters. The van der Waals surface area contributed by atoms with Crippen LogP contribution in [-0.4, -0.2) is 5.78 Å². The van der Waals surface area contributed by atoms with Crippen LogP contribution in [0.25, 0.3) is 0 Å². The third-order valence-corrected chi connectivity index (χ3v) is 3.30. The van der Waals surface area contributed by atoms with Crippen molar-refractivity contribution in [1.82, 2.24) is 0 Å². The molecule has 0 fully saturated rings. The first-order chi connectivity index (χ1) is 7.11. The first-order valence-electron chi connectivity index (χ1n) is 6.63. The molecule has 1 nitrogen and oxygen atoms in total. The molecule has 0 aliphatic heterocycles. The lowest BCUT2D eigenvalue weighted by Gasteiger charge is -2.20. The highest BCUT2D eigenvalue weighted by molar-refractivity contribution is 5.77. The lowest BCUT2D eigenvalue weighted by Crippen LogP contribution is -2.09. The van der Waals surface area contributed by atoms with Crippen LogP contribution in [0, 0.1) is 11.8 Å². The van der Waals surface area contributed by atoms with Crippen LogP contribution in [0.4, 0.5) is 0 Å². The lowest BCUT2D eigenvalue weighted by atomic mass is 9.86. The fraction of sp³-hybridized carbons (Fsp3) is 0.929. The van der Waals surface area contributed by atoms with Gasteiger partial charge in [-0.2, -0.15) is 0 Å². The van der Waals surface area contributed by atoms with E-state index >= 15 is 0 Å². The van der Waals surface area contributed by atoms with E-state index in [0.29, 0.717) is 12.2 Å². The van der Waals surface area contributed by atoms with E-state index in [1.54, 1.807) is 0 Å². The second-order valence-electron chi connectivity index (χ2n) is 4.93. The van der Waals surface area contributed by atoms with E-state index in [4.69, 9.17) is 0 Å². The van der Waals surface area contributed by atoms with Crippen molar-refractivity contribution in [2.24, 2.45) is 11.8 Å². The largest absolute Gasteiger partial charge is 0.300 e. The second-order valence-corrected chi connectivity index (χ2v) is 4.93. The quantitative estimate of drug-likeness (QED) is 0.546. The Labute approximate surface area is 95.6 Å². The molecule has 0 radical (unpaired) electrons. The Morgan fingerprint density at radius 2 is 1.67 bits per heavy atom. The smallest absolute Gasteiger partial charge is 0.132 e. The van der Waals surface area contributed by atoms with Crippen LogP contribution in [0.1, 0.15) is 72.6 Å². The molecule has 0 aliphatic carbocycles. The lowest BCUT2D eigenvalue weighted by molar-refractivity contribution is -0.118. The number of hydrogen-bond acceptors (Lipinski definition) is 1. The molecule has 1 unspecified atom stereocenters. The highest BCUT2D eigenvalue weighted by Crippen LogP contribution is 2.24. The molecule has 0 amide bonds. The Morgan fingerprint density at radius 3 is 2.13 bits per heavy atom. The molecule has 0 aromatic carbocycles. The van der Waals surface area contributed by atoms with Gasteiger partial charge in [0.15, 0.2) is 0 Å². The zero-order chi connectivity index (χ0) is 11.7. The van der Waals surface area contributed by atoms with Gasteiger partial charge in [-0.1, -0.05) is 47.0 Å². The minimum atomic E-state index is 0.424. The van der Waals surface area contributed by atoms with Crippen LogP contribution in [0.3, 0.4) is 0 Å². The van der Waals surface area contributed by atoms with E-state index in [9.17, 15) is 4.79 Å². The van der Waals surface area contributed by atoms with E-state index in [-0.39, 0.29) is 0 Å². The van der Waals surface area contributed by atoms with Crippen molar-refractivity contribution in [3.63, 3.8) is 0 Å². The maximum absolute atomic E-state index is 11.2. The van der Waals surface area contributed by atoms with Crippen molar-refractivity contribution in [3.8, 4) is 0 Å². The molecule has 0 aliphatic rings. The van der Waals surface area contributed by atoms with Crippen molar-refractivity contribution < 1.29 is 4.79 Å². The number of rotatable bonds is 9. The van der Waals surface area contributed by atoms with Crippen LogP contribution < -0.4 is 0 Å². The van der Waals surface area contributed by atoms with Gasteiger partial charge in [0, 0.05) is 12.8 Å². The molecule has 0 spiro atoms. The average molecular weight is 212 g/mol. The highest BCUT2D eigenvalue weighted by Gasteiger charge is 2.12. The summed E-state index contributed by atoms with van der Waals surface area (Å²) in [5.74, 6) is 2.02. The van der Waals surface area contributed by atoms with E-state index in [1.165, 1.54) is 25.7 Å². The Morgan fingerprint density at radius 1 is 1.07 bits per heavy atom. The molecular formula is C14H28O. The van der Waals surface area contributed by atoms with Gasteiger partial charge >= 0.3 is 0 Å². The number of hydrogen-bond donors (Lipinski definition) is 0. The fourth-order valence-corrected chi connectivity index (χ4v) is 2.02. The summed E-state index contributed by atoms with van der Waals surface area (Å²) in [5, 5.41) is 0. The Balaban J connectivity index is 3.70. The van der Waals surface area contributed by atoms with Crippen molar-refractivity contribution >= 4 is 5.78 Å². The molecule has 1 heteroatoms. The molecule has 0 aromatic rings. The molecule has 0 bridgehead atoms. The third-order valence-electron chi connectivity index (χ3n) is 3.30. The topological polar surface area (TPSA) is 17.1 Å². The number of ketones is 1. The molecular weight excluding hydrogens is 184 g/mol. The summed E-state index contributed by atoms with van der Waals surface area (Å²) in [6, 6.07) is 0. The van der Waals surface area contributed by atoms with E-state index < -0.39 is 0 Å². The summed E-state index contributed by atoms with van der Waals surface area (Å²) in [5.41, 5.74) is 0. The van der Waals surface area contributed by atoms with E-state index in [1.807, 2.05) is 6.92 Å². The monoisotopic (exact) mass is 212 g/mol. The third kappa shape index (κ3) is 7.58. The number of unbranched alkanes of at least 4 members (excludes halogenated alkanes) is 1. The molecule has 0 rings (SSSR count). The summed E-state index contributed by atoms with van der Waals surface area (Å²) in [6.07, 6.45) is 7.81. The predicted molar refractivity (Wildman–Crippen MR) is 67.0 cm³/mol. The molecule has 0 saturated carbocycles. The summed E-state index contributed by atoms with van der Waals surface area (Å²) >= 11 is 0. The Bertz CT molecular complexity index is 161. The van der Waals surface area contributed by atoms with Gasteiger partial charge in [-0.25, -0.2) is 0 Å². The van der Waals surface area contributed by atoms with Gasteiger partial charge in [0.2, 0.25) is 0 Å². The van der Waals surface area contributed by atoms with Gasteiger partial charge in [-0.3, -0.25) is 4.79 Å². The van der Waals surface area contributed by atoms with Crippen LogP contribution in [0.2, 0.25) is 0 Å². The van der Waals surface area contributed by atoms with Crippen molar-refractivity contribution in [1.29, 1.82) is 0 Å². The van der Waals surface area contributed by atoms with Gasteiger partial charge in [0.05, 0.1) is 0 Å². The molecule has 0 N–H and O–H groups in total. The normalized spacial score (nSPS) is 13.1. The number of carbonyl (C=O) groups is 1. The van der Waals surface area contributed by atoms with Gasteiger partial charge in [-0.05, 0) is 24.7 Å². The summed E-state index contributed by atoms with van der Waals surface area (Å²) < 4.78 is 0. The fourth-order valence-electron chi connectivity index (χ4n) is 2.02. The van der Waals surface area contributed by atoms with Crippen LogP contribution in [0.15, 0.2) is 0 Å². The number of Topliss-reactive ketones (excluding diaryl/α,β-unsaturated/α-hetero) is 1. The second kappa shape index (κ2) is 8.94.